The van der Waals surface area contributed by atoms with E-state index in [2.05, 4.69) is 34.6 Å². The highest BCUT2D eigenvalue weighted by Gasteiger charge is 2.55. The number of aliphatic hydroxyl groups is 8. The van der Waals surface area contributed by atoms with E-state index in [1.165, 1.54) is 0 Å². The van der Waals surface area contributed by atoms with Crippen molar-refractivity contribution in [2.24, 2.45) is 28.6 Å². The van der Waals surface area contributed by atoms with Crippen molar-refractivity contribution in [3.8, 4) is 0 Å². The molecule has 0 amide bonds. The summed E-state index contributed by atoms with van der Waals surface area (Å²) in [7, 11) is 0. The van der Waals surface area contributed by atoms with E-state index in [4.69, 9.17) is 23.7 Å². The Morgan fingerprint density at radius 2 is 1.55 bits per heavy atom. The van der Waals surface area contributed by atoms with Gasteiger partial charge in [-0.15, -0.1) is 0 Å². The summed E-state index contributed by atoms with van der Waals surface area (Å²) < 4.78 is 32.0. The summed E-state index contributed by atoms with van der Waals surface area (Å²) >= 11 is 0. The lowest BCUT2D eigenvalue weighted by atomic mass is 9.65. The standard InChI is InChI=1S/C43H78O13/c1-8-9-12-25-13-10-11-14-34(55-39-37(50)36(49)31(48)24-52-39)40(2,3)26(19-25)32(53-38-29(46)20-28(45)33(23-44)54-38)15-17-42(6)21-27(30(47)22-42)43(7)18-16-35(56-43)41(4,5)51/h25-39,44-51H,8-24H2,1-7H3/t25?,26-,27?,28-,29+,30-,31+,32-,33+,34-,35-,36-,37+,38+,39-,42-,43+/m0/s1. The monoisotopic (exact) mass is 803 g/mol. The molecule has 3 saturated heterocycles. The molecule has 5 aliphatic rings. The van der Waals surface area contributed by atoms with E-state index in [0.717, 1.165) is 64.2 Å². The Kier molecular flexibility index (Phi) is 15.8. The fourth-order valence-corrected chi connectivity index (χ4v) is 10.9. The Hall–Kier alpha value is -0.520. The molecule has 3 heterocycles. The Morgan fingerprint density at radius 3 is 2.21 bits per heavy atom. The van der Waals surface area contributed by atoms with E-state index in [9.17, 15) is 40.9 Å². The first-order valence-electron chi connectivity index (χ1n) is 21.9. The van der Waals surface area contributed by atoms with Gasteiger partial charge in [0.15, 0.2) is 12.6 Å². The maximum absolute atomic E-state index is 11.6. The van der Waals surface area contributed by atoms with Crippen LogP contribution in [0.25, 0.3) is 0 Å². The third kappa shape index (κ3) is 10.9. The molecule has 0 spiro atoms. The summed E-state index contributed by atoms with van der Waals surface area (Å²) in [5.74, 6) is 0.147. The number of ether oxygens (including phenoxy) is 5. The quantitative estimate of drug-likeness (QED) is 0.126. The minimum absolute atomic E-state index is 0.00241. The van der Waals surface area contributed by atoms with Gasteiger partial charge in [0.25, 0.3) is 0 Å². The molecule has 8 N–H and O–H groups in total. The number of rotatable bonds is 14. The highest BCUT2D eigenvalue weighted by Crippen LogP contribution is 2.55. The van der Waals surface area contributed by atoms with E-state index in [0.29, 0.717) is 31.6 Å². The predicted octanol–water partition coefficient (Wildman–Crippen LogP) is 3.70. The second kappa shape index (κ2) is 19.0. The van der Waals surface area contributed by atoms with Crippen LogP contribution in [0.3, 0.4) is 0 Å². The third-order valence-corrected chi connectivity index (χ3v) is 14.7. The summed E-state index contributed by atoms with van der Waals surface area (Å²) in [5.41, 5.74) is -2.40. The van der Waals surface area contributed by atoms with Gasteiger partial charge in [0.2, 0.25) is 0 Å². The first kappa shape index (κ1) is 46.5. The molecule has 2 aliphatic carbocycles. The van der Waals surface area contributed by atoms with Crippen LogP contribution in [-0.4, -0.2) is 139 Å². The lowest BCUT2D eigenvalue weighted by molar-refractivity contribution is -0.307. The minimum atomic E-state index is -1.43. The van der Waals surface area contributed by atoms with Crippen LogP contribution in [0.2, 0.25) is 0 Å². The molecule has 5 rings (SSSR count). The summed E-state index contributed by atoms with van der Waals surface area (Å²) in [5, 5.41) is 85.8. The van der Waals surface area contributed by atoms with Crippen LogP contribution in [0, 0.1) is 28.6 Å². The molecule has 0 aromatic carbocycles. The van der Waals surface area contributed by atoms with Crippen LogP contribution in [-0.2, 0) is 23.7 Å². The van der Waals surface area contributed by atoms with Gasteiger partial charge in [-0.3, -0.25) is 0 Å². The van der Waals surface area contributed by atoms with Crippen molar-refractivity contribution < 1.29 is 64.5 Å². The number of hydrogen-bond acceptors (Lipinski definition) is 13. The molecule has 56 heavy (non-hydrogen) atoms. The van der Waals surface area contributed by atoms with E-state index in [1.54, 1.807) is 13.8 Å². The van der Waals surface area contributed by atoms with Gasteiger partial charge in [0.05, 0.1) is 54.9 Å². The Labute approximate surface area is 335 Å². The largest absolute Gasteiger partial charge is 0.394 e. The summed E-state index contributed by atoms with van der Waals surface area (Å²) in [6, 6.07) is 0. The molecule has 0 aromatic rings. The average Bonchev–Trinajstić information content (AvgIpc) is 3.70. The zero-order valence-corrected chi connectivity index (χ0v) is 35.3. The lowest BCUT2D eigenvalue weighted by Gasteiger charge is -2.48. The van der Waals surface area contributed by atoms with Crippen LogP contribution in [0.15, 0.2) is 0 Å². The van der Waals surface area contributed by atoms with Gasteiger partial charge in [-0.2, -0.15) is 0 Å². The van der Waals surface area contributed by atoms with Gasteiger partial charge < -0.3 is 64.5 Å². The summed E-state index contributed by atoms with van der Waals surface area (Å²) in [6.45, 7) is 13.8. The van der Waals surface area contributed by atoms with Gasteiger partial charge in [-0.05, 0) is 94.8 Å². The number of unbranched alkanes of at least 4 members (excludes halogenated alkanes) is 1. The molecule has 13 nitrogen and oxygen atoms in total. The van der Waals surface area contributed by atoms with Crippen molar-refractivity contribution in [1.82, 2.24) is 0 Å². The van der Waals surface area contributed by atoms with Crippen molar-refractivity contribution in [2.45, 2.75) is 230 Å². The van der Waals surface area contributed by atoms with Crippen molar-refractivity contribution >= 4 is 0 Å². The second-order valence-electron chi connectivity index (χ2n) is 20.1. The van der Waals surface area contributed by atoms with Gasteiger partial charge in [0, 0.05) is 12.3 Å². The molecule has 13 heteroatoms. The van der Waals surface area contributed by atoms with E-state index in [1.807, 2.05) is 0 Å². The van der Waals surface area contributed by atoms with E-state index < -0.39 is 90.7 Å². The Bertz CT molecular complexity index is 1210. The highest BCUT2D eigenvalue weighted by molar-refractivity contribution is 5.05. The van der Waals surface area contributed by atoms with E-state index >= 15 is 0 Å². The van der Waals surface area contributed by atoms with Gasteiger partial charge in [-0.25, -0.2) is 0 Å². The second-order valence-corrected chi connectivity index (χ2v) is 20.1. The zero-order chi connectivity index (χ0) is 41.2. The molecule has 2 saturated carbocycles. The fraction of sp³-hybridized carbons (Fsp3) is 1.00. The molecule has 328 valence electrons. The zero-order valence-electron chi connectivity index (χ0n) is 35.3. The van der Waals surface area contributed by atoms with Gasteiger partial charge >= 0.3 is 0 Å². The van der Waals surface area contributed by atoms with Gasteiger partial charge in [0.1, 0.15) is 30.5 Å². The van der Waals surface area contributed by atoms with E-state index in [-0.39, 0.29) is 36.4 Å². The highest BCUT2D eigenvalue weighted by atomic mass is 16.7. The number of aliphatic hydroxyl groups excluding tert-OH is 7. The van der Waals surface area contributed by atoms with Crippen molar-refractivity contribution in [1.29, 1.82) is 0 Å². The fourth-order valence-electron chi connectivity index (χ4n) is 10.9. The van der Waals surface area contributed by atoms with Crippen molar-refractivity contribution in [3.05, 3.63) is 0 Å². The van der Waals surface area contributed by atoms with Crippen LogP contribution < -0.4 is 0 Å². The Balaban J connectivity index is 1.45. The SMILES string of the molecule is CCCCC1CCCC[C@H](O[C@@H]2OC[C@@H](O)[C@H](O)[C@H]2O)C(C)(C)[C@H]([C@H](CC[C@@]2(C)CC([C@@]3(C)CC[C@@H](C(C)(C)O)O3)[C@@H](O)C2)O[C@@H]2O[C@H](CO)[C@@H](O)C[C@H]2O)C1. The van der Waals surface area contributed by atoms with Gasteiger partial charge in [-0.1, -0.05) is 66.2 Å². The smallest absolute Gasteiger partial charge is 0.186 e. The third-order valence-electron chi connectivity index (χ3n) is 14.7. The minimum Gasteiger partial charge on any atom is -0.394 e. The number of hydrogen-bond donors (Lipinski definition) is 8. The van der Waals surface area contributed by atoms with Crippen LogP contribution >= 0.6 is 0 Å². The normalized spacial score (nSPS) is 45.9. The molecule has 2 unspecified atom stereocenters. The molecule has 3 aliphatic heterocycles. The molecule has 0 radical (unpaired) electrons. The molecule has 17 atom stereocenters. The maximum atomic E-state index is 11.6. The van der Waals surface area contributed by atoms with Crippen LogP contribution in [0.4, 0.5) is 0 Å². The van der Waals surface area contributed by atoms with Crippen LogP contribution in [0.1, 0.15) is 145 Å². The molecular weight excluding hydrogens is 724 g/mol. The summed E-state index contributed by atoms with van der Waals surface area (Å²) in [6.07, 6.45) is 0.677. The predicted molar refractivity (Wildman–Crippen MR) is 208 cm³/mol. The van der Waals surface area contributed by atoms with Crippen molar-refractivity contribution in [2.75, 3.05) is 13.2 Å². The Morgan fingerprint density at radius 1 is 0.839 bits per heavy atom. The first-order valence-corrected chi connectivity index (χ1v) is 21.9. The molecule has 0 aromatic heterocycles. The van der Waals surface area contributed by atoms with Crippen molar-refractivity contribution in [3.63, 3.8) is 0 Å². The maximum Gasteiger partial charge on any atom is 0.186 e. The first-order chi connectivity index (χ1) is 26.2. The molecular formula is C43H78O13. The van der Waals surface area contributed by atoms with Crippen LogP contribution in [0.5, 0.6) is 0 Å². The molecule has 5 fully saturated rings. The average molecular weight is 803 g/mol. The lowest BCUT2D eigenvalue weighted by Crippen LogP contribution is -2.56. The topological polar surface area (TPSA) is 208 Å². The molecule has 0 bridgehead atoms. The summed E-state index contributed by atoms with van der Waals surface area (Å²) in [4.78, 5) is 0.